The van der Waals surface area contributed by atoms with Gasteiger partial charge in [0.2, 0.25) is 5.75 Å². The first-order valence-corrected chi connectivity index (χ1v) is 4.90. The summed E-state index contributed by atoms with van der Waals surface area (Å²) in [5.74, 6) is -0.108. The molecule has 0 unspecified atom stereocenters. The second-order valence-corrected chi connectivity index (χ2v) is 3.55. The fraction of sp³-hybridized carbons (Fsp3) is 0.500. The Morgan fingerprint density at radius 3 is 2.44 bits per heavy atom. The van der Waals surface area contributed by atoms with Crippen molar-refractivity contribution >= 4 is 5.97 Å². The Labute approximate surface area is 92.2 Å². The molecule has 0 aliphatic heterocycles. The molecule has 0 radical (unpaired) electrons. The Kier molecular flexibility index (Phi) is 2.64. The van der Waals surface area contributed by atoms with Crippen LogP contribution in [0.15, 0.2) is 0 Å². The highest BCUT2D eigenvalue weighted by molar-refractivity contribution is 5.89. The zero-order valence-electron chi connectivity index (χ0n) is 9.06. The Morgan fingerprint density at radius 1 is 1.31 bits per heavy atom. The topological polar surface area (TPSA) is 81.5 Å². The summed E-state index contributed by atoms with van der Waals surface area (Å²) in [5, 5.41) is 9.02. The van der Waals surface area contributed by atoms with Gasteiger partial charge in [0, 0.05) is 5.92 Å². The number of nitrogens with zero attached hydrogens (tertiary/aromatic N) is 2. The van der Waals surface area contributed by atoms with Crippen molar-refractivity contribution in [3.63, 3.8) is 0 Å². The van der Waals surface area contributed by atoms with Gasteiger partial charge < -0.3 is 14.6 Å². The van der Waals surface area contributed by atoms with Crippen molar-refractivity contribution in [2.24, 2.45) is 0 Å². The van der Waals surface area contributed by atoms with E-state index in [9.17, 15) is 4.79 Å². The van der Waals surface area contributed by atoms with Crippen molar-refractivity contribution in [1.82, 2.24) is 9.97 Å². The van der Waals surface area contributed by atoms with Gasteiger partial charge in [-0.05, 0) is 12.8 Å². The van der Waals surface area contributed by atoms with Gasteiger partial charge in [-0.15, -0.1) is 0 Å². The largest absolute Gasteiger partial charge is 0.489 e. The number of hydrogen-bond acceptors (Lipinski definition) is 5. The molecule has 0 spiro atoms. The van der Waals surface area contributed by atoms with Gasteiger partial charge in [-0.25, -0.2) is 9.78 Å². The third-order valence-corrected chi connectivity index (χ3v) is 2.39. The minimum absolute atomic E-state index is 0.0689. The van der Waals surface area contributed by atoms with Gasteiger partial charge in [-0.2, -0.15) is 4.98 Å². The molecule has 1 aliphatic rings. The lowest BCUT2D eigenvalue weighted by Gasteiger charge is -2.10. The maximum absolute atomic E-state index is 11.0. The van der Waals surface area contributed by atoms with Crippen LogP contribution in [0.2, 0.25) is 0 Å². The van der Waals surface area contributed by atoms with Crippen LogP contribution in [0.4, 0.5) is 0 Å². The average Bonchev–Trinajstić information content (AvgIpc) is 3.10. The van der Waals surface area contributed by atoms with Crippen LogP contribution in [-0.4, -0.2) is 35.3 Å². The van der Waals surface area contributed by atoms with Crippen molar-refractivity contribution in [2.75, 3.05) is 14.2 Å². The monoisotopic (exact) mass is 224 g/mol. The molecule has 86 valence electrons. The molecule has 0 bridgehead atoms. The van der Waals surface area contributed by atoms with E-state index in [1.807, 2.05) is 0 Å². The highest BCUT2D eigenvalue weighted by atomic mass is 16.5. The Balaban J connectivity index is 2.54. The lowest BCUT2D eigenvalue weighted by atomic mass is 10.3. The highest BCUT2D eigenvalue weighted by Crippen LogP contribution is 2.40. The molecule has 1 aliphatic carbocycles. The first-order valence-electron chi connectivity index (χ1n) is 4.90. The predicted octanol–water partition coefficient (Wildman–Crippen LogP) is 1.07. The number of carbonyl (C=O) groups is 1. The van der Waals surface area contributed by atoms with E-state index in [1.54, 1.807) is 0 Å². The van der Waals surface area contributed by atoms with Gasteiger partial charge in [0.15, 0.2) is 5.69 Å². The average molecular weight is 224 g/mol. The van der Waals surface area contributed by atoms with E-state index in [1.165, 1.54) is 14.2 Å². The number of ether oxygens (including phenoxy) is 2. The normalized spacial score (nSPS) is 14.6. The van der Waals surface area contributed by atoms with Crippen LogP contribution in [0.1, 0.15) is 35.1 Å². The zero-order valence-corrected chi connectivity index (χ0v) is 9.06. The minimum atomic E-state index is -1.14. The summed E-state index contributed by atoms with van der Waals surface area (Å²) in [5.41, 5.74) is -0.142. The van der Waals surface area contributed by atoms with Gasteiger partial charge in [-0.1, -0.05) is 0 Å². The first-order chi connectivity index (χ1) is 7.67. The van der Waals surface area contributed by atoms with Gasteiger partial charge >= 0.3 is 5.97 Å². The summed E-state index contributed by atoms with van der Waals surface area (Å²) in [6, 6.07) is 0. The second kappa shape index (κ2) is 3.96. The highest BCUT2D eigenvalue weighted by Gasteiger charge is 2.30. The zero-order chi connectivity index (χ0) is 11.7. The SMILES string of the molecule is COc1nc(C2CC2)nc(C(=O)O)c1OC. The van der Waals surface area contributed by atoms with Crippen LogP contribution < -0.4 is 9.47 Å². The van der Waals surface area contributed by atoms with E-state index >= 15 is 0 Å². The molecule has 0 aromatic carbocycles. The number of aromatic carboxylic acids is 1. The molecule has 1 aromatic heterocycles. The molecule has 0 saturated heterocycles. The lowest BCUT2D eigenvalue weighted by molar-refractivity contribution is 0.0684. The molecule has 1 N–H and O–H groups in total. The van der Waals surface area contributed by atoms with Crippen molar-refractivity contribution in [3.8, 4) is 11.6 Å². The molecule has 2 rings (SSSR count). The summed E-state index contributed by atoms with van der Waals surface area (Å²) in [6.45, 7) is 0. The maximum atomic E-state index is 11.0. The maximum Gasteiger partial charge on any atom is 0.358 e. The Bertz CT molecular complexity index is 429. The van der Waals surface area contributed by atoms with Gasteiger partial charge in [-0.3, -0.25) is 0 Å². The number of carboxylic acids is 1. The minimum Gasteiger partial charge on any atom is -0.489 e. The Morgan fingerprint density at radius 2 is 2.00 bits per heavy atom. The number of hydrogen-bond donors (Lipinski definition) is 1. The van der Waals surface area contributed by atoms with Gasteiger partial charge in [0.1, 0.15) is 5.82 Å². The van der Waals surface area contributed by atoms with Crippen LogP contribution in [0.3, 0.4) is 0 Å². The molecule has 6 nitrogen and oxygen atoms in total. The number of methoxy groups -OCH3 is 2. The van der Waals surface area contributed by atoms with Crippen molar-refractivity contribution in [1.29, 1.82) is 0 Å². The summed E-state index contributed by atoms with van der Waals surface area (Å²) in [6.07, 6.45) is 1.99. The van der Waals surface area contributed by atoms with E-state index in [-0.39, 0.29) is 23.2 Å². The third kappa shape index (κ3) is 1.78. The Hall–Kier alpha value is -1.85. The van der Waals surface area contributed by atoms with E-state index in [4.69, 9.17) is 14.6 Å². The summed E-state index contributed by atoms with van der Waals surface area (Å²) >= 11 is 0. The van der Waals surface area contributed by atoms with Crippen LogP contribution in [0.5, 0.6) is 11.6 Å². The first kappa shape index (κ1) is 10.7. The summed E-state index contributed by atoms with van der Waals surface area (Å²) in [4.78, 5) is 19.2. The molecular formula is C10H12N2O4. The molecule has 6 heteroatoms. The van der Waals surface area contributed by atoms with E-state index in [2.05, 4.69) is 9.97 Å². The molecule has 1 aromatic rings. The smallest absolute Gasteiger partial charge is 0.358 e. The molecule has 0 amide bonds. The molecule has 1 fully saturated rings. The lowest BCUT2D eigenvalue weighted by Crippen LogP contribution is -2.09. The number of rotatable bonds is 4. The third-order valence-electron chi connectivity index (χ3n) is 2.39. The fourth-order valence-corrected chi connectivity index (χ4v) is 1.44. The van der Waals surface area contributed by atoms with E-state index in [0.717, 1.165) is 12.8 Å². The van der Waals surface area contributed by atoms with Crippen LogP contribution in [-0.2, 0) is 0 Å². The molecule has 16 heavy (non-hydrogen) atoms. The van der Waals surface area contributed by atoms with E-state index in [0.29, 0.717) is 5.82 Å². The van der Waals surface area contributed by atoms with Crippen molar-refractivity contribution in [2.45, 2.75) is 18.8 Å². The summed E-state index contributed by atoms with van der Waals surface area (Å²) < 4.78 is 9.96. The standard InChI is InChI=1S/C10H12N2O4/c1-15-7-6(10(13)14)11-8(5-3-4-5)12-9(7)16-2/h5H,3-4H2,1-2H3,(H,13,14). The van der Waals surface area contributed by atoms with Gasteiger partial charge in [0.05, 0.1) is 14.2 Å². The quantitative estimate of drug-likeness (QED) is 0.823. The molecule has 1 heterocycles. The van der Waals surface area contributed by atoms with E-state index < -0.39 is 5.97 Å². The van der Waals surface area contributed by atoms with Crippen molar-refractivity contribution in [3.05, 3.63) is 11.5 Å². The summed E-state index contributed by atoms with van der Waals surface area (Å²) in [7, 11) is 2.79. The van der Waals surface area contributed by atoms with Crippen LogP contribution >= 0.6 is 0 Å². The molecular weight excluding hydrogens is 212 g/mol. The number of aromatic nitrogens is 2. The van der Waals surface area contributed by atoms with Crippen LogP contribution in [0, 0.1) is 0 Å². The van der Waals surface area contributed by atoms with Crippen molar-refractivity contribution < 1.29 is 19.4 Å². The number of carboxylic acid groups (broad SMARTS) is 1. The fourth-order valence-electron chi connectivity index (χ4n) is 1.44. The predicted molar refractivity (Wildman–Crippen MR) is 54.1 cm³/mol. The van der Waals surface area contributed by atoms with Gasteiger partial charge in [0.25, 0.3) is 5.88 Å². The molecule has 0 atom stereocenters. The second-order valence-electron chi connectivity index (χ2n) is 3.55. The molecule has 1 saturated carbocycles. The van der Waals surface area contributed by atoms with Crippen LogP contribution in [0.25, 0.3) is 0 Å².